The minimum absolute atomic E-state index is 0.162. The zero-order valence-corrected chi connectivity index (χ0v) is 18.3. The molecular formula is C22H26FN7O3. The summed E-state index contributed by atoms with van der Waals surface area (Å²) in [4.78, 5) is 44.7. The van der Waals surface area contributed by atoms with E-state index in [1.165, 1.54) is 0 Å². The number of benzene rings is 1. The molecule has 2 saturated heterocycles. The summed E-state index contributed by atoms with van der Waals surface area (Å²) in [7, 11) is 1.94. The highest BCUT2D eigenvalue weighted by Crippen LogP contribution is 2.28. The first-order valence-electron chi connectivity index (χ1n) is 11.1. The standard InChI is InChI=1S/C22H26FN7O3/c1-29(11-18-25-20(28-27-18)16-7-14(23)8-24-16)9-12-2-3-13-10-30(22(33)15(13)6-12)17-4-5-19(31)26-21(17)32/h2-3,6,14,16-17,24H,4-5,7-11H2,1H3,(H,25,27,28)(H,26,31,32)/t14-,16+,17?/m0/s1. The van der Waals surface area contributed by atoms with Gasteiger partial charge in [0.25, 0.3) is 5.91 Å². The van der Waals surface area contributed by atoms with E-state index in [1.807, 2.05) is 30.1 Å². The predicted octanol–water partition coefficient (Wildman–Crippen LogP) is 0.570. The second kappa shape index (κ2) is 8.64. The van der Waals surface area contributed by atoms with Crippen LogP contribution < -0.4 is 10.6 Å². The minimum Gasteiger partial charge on any atom is -0.322 e. The summed E-state index contributed by atoms with van der Waals surface area (Å²) in [5, 5.41) is 12.5. The van der Waals surface area contributed by atoms with Crippen LogP contribution in [0.4, 0.5) is 4.39 Å². The molecule has 3 aliphatic heterocycles. The average Bonchev–Trinajstić information content (AvgIpc) is 3.48. The highest BCUT2D eigenvalue weighted by molar-refractivity contribution is 6.05. The number of fused-ring (bicyclic) bond motifs is 1. The smallest absolute Gasteiger partial charge is 0.255 e. The molecule has 3 atom stereocenters. The van der Waals surface area contributed by atoms with Gasteiger partial charge in [-0.3, -0.25) is 29.7 Å². The maximum atomic E-state index is 13.4. The number of hydrogen-bond acceptors (Lipinski definition) is 7. The Kier molecular flexibility index (Phi) is 5.67. The van der Waals surface area contributed by atoms with Crippen molar-refractivity contribution in [3.8, 4) is 0 Å². The number of carbonyl (C=O) groups excluding carboxylic acids is 3. The van der Waals surface area contributed by atoms with Crippen LogP contribution in [0.3, 0.4) is 0 Å². The van der Waals surface area contributed by atoms with Crippen molar-refractivity contribution in [2.45, 2.75) is 57.2 Å². The van der Waals surface area contributed by atoms with Crippen molar-refractivity contribution < 1.29 is 18.8 Å². The number of nitrogens with one attached hydrogen (secondary N) is 3. The Morgan fingerprint density at radius 1 is 1.24 bits per heavy atom. The summed E-state index contributed by atoms with van der Waals surface area (Å²) >= 11 is 0. The molecule has 3 N–H and O–H groups in total. The van der Waals surface area contributed by atoms with Crippen LogP contribution in [0, 0.1) is 0 Å². The van der Waals surface area contributed by atoms with Crippen LogP contribution in [0.15, 0.2) is 18.2 Å². The van der Waals surface area contributed by atoms with Crippen molar-refractivity contribution in [1.82, 2.24) is 35.6 Å². The number of hydrogen-bond donors (Lipinski definition) is 3. The van der Waals surface area contributed by atoms with Gasteiger partial charge in [0, 0.05) is 38.0 Å². The van der Waals surface area contributed by atoms with Crippen molar-refractivity contribution in [3.05, 3.63) is 46.5 Å². The molecule has 0 bridgehead atoms. The number of amides is 3. The first-order valence-corrected chi connectivity index (χ1v) is 11.1. The molecule has 5 rings (SSSR count). The van der Waals surface area contributed by atoms with Crippen LogP contribution >= 0.6 is 0 Å². The van der Waals surface area contributed by atoms with Crippen molar-refractivity contribution in [3.63, 3.8) is 0 Å². The summed E-state index contributed by atoms with van der Waals surface area (Å²) in [5.74, 6) is 0.386. The zero-order chi connectivity index (χ0) is 23.1. The maximum absolute atomic E-state index is 13.4. The molecular weight excluding hydrogens is 429 g/mol. The summed E-state index contributed by atoms with van der Waals surface area (Å²) in [6.45, 7) is 1.80. The van der Waals surface area contributed by atoms with E-state index in [-0.39, 0.29) is 24.3 Å². The number of piperidine rings is 1. The Hall–Kier alpha value is -3.18. The van der Waals surface area contributed by atoms with Gasteiger partial charge >= 0.3 is 0 Å². The lowest BCUT2D eigenvalue weighted by Crippen LogP contribution is -2.52. The minimum atomic E-state index is -0.868. The van der Waals surface area contributed by atoms with E-state index in [4.69, 9.17) is 0 Å². The summed E-state index contributed by atoms with van der Waals surface area (Å²) in [5.41, 5.74) is 2.44. The molecule has 1 aromatic heterocycles. The maximum Gasteiger partial charge on any atom is 0.255 e. The third-order valence-corrected chi connectivity index (χ3v) is 6.40. The summed E-state index contributed by atoms with van der Waals surface area (Å²) in [6.07, 6.45) is 0.0995. The van der Waals surface area contributed by atoms with Gasteiger partial charge in [-0.1, -0.05) is 12.1 Å². The summed E-state index contributed by atoms with van der Waals surface area (Å²) in [6, 6.07) is 5.00. The largest absolute Gasteiger partial charge is 0.322 e. The van der Waals surface area contributed by atoms with Gasteiger partial charge < -0.3 is 10.2 Å². The van der Waals surface area contributed by atoms with Gasteiger partial charge in [-0.25, -0.2) is 9.37 Å². The lowest BCUT2D eigenvalue weighted by Gasteiger charge is -2.29. The van der Waals surface area contributed by atoms with Crippen LogP contribution in [0.5, 0.6) is 0 Å². The fourth-order valence-electron chi connectivity index (χ4n) is 4.75. The van der Waals surface area contributed by atoms with E-state index in [2.05, 4.69) is 25.8 Å². The molecule has 4 heterocycles. The molecule has 0 saturated carbocycles. The van der Waals surface area contributed by atoms with E-state index in [0.717, 1.165) is 11.1 Å². The van der Waals surface area contributed by atoms with Gasteiger partial charge in [0.05, 0.1) is 12.6 Å². The molecule has 10 nitrogen and oxygen atoms in total. The monoisotopic (exact) mass is 455 g/mol. The van der Waals surface area contributed by atoms with Crippen molar-refractivity contribution in [2.75, 3.05) is 13.6 Å². The van der Waals surface area contributed by atoms with E-state index in [0.29, 0.717) is 56.2 Å². The van der Waals surface area contributed by atoms with Gasteiger partial charge in [0.1, 0.15) is 18.0 Å². The lowest BCUT2D eigenvalue weighted by atomic mass is 10.0. The molecule has 174 valence electrons. The SMILES string of the molecule is CN(Cc1ccc2c(c1)C(=O)N(C1CCC(=O)NC1=O)C2)Cc1nc([C@H]2C[C@H](F)CN2)n[nH]1. The number of rotatable bonds is 6. The Morgan fingerprint density at radius 3 is 2.85 bits per heavy atom. The average molecular weight is 455 g/mol. The predicted molar refractivity (Wildman–Crippen MR) is 114 cm³/mol. The molecule has 2 fully saturated rings. The molecule has 1 aromatic carbocycles. The summed E-state index contributed by atoms with van der Waals surface area (Å²) < 4.78 is 13.4. The lowest BCUT2D eigenvalue weighted by molar-refractivity contribution is -0.136. The van der Waals surface area contributed by atoms with Gasteiger partial charge in [0.15, 0.2) is 5.82 Å². The molecule has 11 heteroatoms. The van der Waals surface area contributed by atoms with Crippen LogP contribution in [0.2, 0.25) is 0 Å². The fourth-order valence-corrected chi connectivity index (χ4v) is 4.75. The number of H-pyrrole nitrogens is 1. The van der Waals surface area contributed by atoms with Crippen LogP contribution in [0.1, 0.15) is 58.4 Å². The molecule has 3 amide bonds. The third kappa shape index (κ3) is 4.38. The number of aromatic amines is 1. The molecule has 0 aliphatic carbocycles. The topological polar surface area (TPSA) is 123 Å². The van der Waals surface area contributed by atoms with Gasteiger partial charge in [-0.2, -0.15) is 5.10 Å². The Morgan fingerprint density at radius 2 is 2.09 bits per heavy atom. The van der Waals surface area contributed by atoms with Gasteiger partial charge in [0.2, 0.25) is 11.8 Å². The first-order chi connectivity index (χ1) is 15.9. The number of alkyl halides is 1. The molecule has 33 heavy (non-hydrogen) atoms. The zero-order valence-electron chi connectivity index (χ0n) is 18.3. The van der Waals surface area contributed by atoms with Gasteiger partial charge in [-0.15, -0.1) is 0 Å². The number of aromatic nitrogens is 3. The highest BCUT2D eigenvalue weighted by atomic mass is 19.1. The Labute approximate surface area is 189 Å². The van der Waals surface area contributed by atoms with Crippen LogP contribution in [0.25, 0.3) is 0 Å². The second-order valence-electron chi connectivity index (χ2n) is 9.00. The number of nitrogens with zero attached hydrogens (tertiary/aromatic N) is 4. The molecule has 0 radical (unpaired) electrons. The van der Waals surface area contributed by atoms with Crippen molar-refractivity contribution in [2.24, 2.45) is 0 Å². The van der Waals surface area contributed by atoms with E-state index < -0.39 is 18.1 Å². The van der Waals surface area contributed by atoms with E-state index in [1.54, 1.807) is 4.90 Å². The molecule has 1 unspecified atom stereocenters. The quantitative estimate of drug-likeness (QED) is 0.544. The highest BCUT2D eigenvalue weighted by Gasteiger charge is 2.39. The molecule has 0 spiro atoms. The normalized spacial score (nSPS) is 25.1. The Balaban J connectivity index is 1.21. The van der Waals surface area contributed by atoms with Gasteiger partial charge in [-0.05, 0) is 30.7 Å². The van der Waals surface area contributed by atoms with E-state index >= 15 is 0 Å². The van der Waals surface area contributed by atoms with Crippen LogP contribution in [-0.4, -0.2) is 68.5 Å². The van der Waals surface area contributed by atoms with E-state index in [9.17, 15) is 18.8 Å². The van der Waals surface area contributed by atoms with Crippen molar-refractivity contribution in [1.29, 1.82) is 0 Å². The number of halogens is 1. The Bertz CT molecular complexity index is 1100. The second-order valence-corrected chi connectivity index (χ2v) is 9.00. The third-order valence-electron chi connectivity index (χ3n) is 6.40. The molecule has 2 aromatic rings. The fraction of sp³-hybridized carbons (Fsp3) is 0.500. The first kappa shape index (κ1) is 21.7. The molecule has 3 aliphatic rings. The van der Waals surface area contributed by atoms with Crippen molar-refractivity contribution >= 4 is 17.7 Å². The number of carbonyl (C=O) groups is 3. The number of imide groups is 1. The van der Waals surface area contributed by atoms with Crippen LogP contribution in [-0.2, 0) is 29.2 Å².